The fraction of sp³-hybridized carbons (Fsp3) is 0.250. The number of nitrogens with zero attached hydrogens (tertiary/aromatic N) is 1. The number of carbonyl (C=O) groups excluding carboxylic acids is 2. The topological polar surface area (TPSA) is 86.2 Å². The number of hydroxylamine groups is 1. The van der Waals surface area contributed by atoms with Gasteiger partial charge in [0.1, 0.15) is 12.3 Å². The average Bonchev–Trinajstić information content (AvgIpc) is 2.72. The van der Waals surface area contributed by atoms with Crippen LogP contribution in [0.2, 0.25) is 0 Å². The second-order valence-electron chi connectivity index (χ2n) is 6.46. The Balaban J connectivity index is 2.06. The third-order valence-electron chi connectivity index (χ3n) is 3.56. The first kappa shape index (κ1) is 24.0. The molecular formula is C20H19Cl3N2O5. The minimum absolute atomic E-state index is 0.454. The van der Waals surface area contributed by atoms with E-state index in [4.69, 9.17) is 44.5 Å². The first-order chi connectivity index (χ1) is 14.1. The maximum Gasteiger partial charge on any atom is 0.431 e. The van der Waals surface area contributed by atoms with Crippen LogP contribution in [0.25, 0.3) is 0 Å². The molecule has 0 aromatic heterocycles. The lowest BCUT2D eigenvalue weighted by Gasteiger charge is -2.21. The Hall–Kier alpha value is -2.32. The van der Waals surface area contributed by atoms with Crippen molar-refractivity contribution in [3.63, 3.8) is 0 Å². The standard InChI is InChI=1S/C20H19Cl3N2O5/c1-19(2,30-25-18(27)28-13-20(21,22)23)17(26)29-24-16(14-9-5-3-6-10-14)15-11-7-4-8-12-15/h3-12H,13H2,1-2H3,(H,25,27). The smallest absolute Gasteiger partial charge is 0.431 e. The van der Waals surface area contributed by atoms with E-state index in [1.54, 1.807) is 0 Å². The van der Waals surface area contributed by atoms with Gasteiger partial charge in [0.15, 0.2) is 5.60 Å². The third-order valence-corrected chi connectivity index (χ3v) is 3.89. The van der Waals surface area contributed by atoms with Gasteiger partial charge in [0, 0.05) is 11.1 Å². The molecule has 0 heterocycles. The number of amides is 1. The zero-order valence-corrected chi connectivity index (χ0v) is 18.4. The molecule has 30 heavy (non-hydrogen) atoms. The van der Waals surface area contributed by atoms with Crippen LogP contribution in [0.3, 0.4) is 0 Å². The number of oxime groups is 1. The summed E-state index contributed by atoms with van der Waals surface area (Å²) in [5.41, 5.74) is 2.32. The number of nitrogens with one attached hydrogen (secondary N) is 1. The van der Waals surface area contributed by atoms with Gasteiger partial charge in [-0.1, -0.05) is 101 Å². The average molecular weight is 474 g/mol. The molecule has 0 aliphatic rings. The van der Waals surface area contributed by atoms with Crippen molar-refractivity contribution in [2.45, 2.75) is 23.2 Å². The highest BCUT2D eigenvalue weighted by Crippen LogP contribution is 2.25. The Morgan fingerprint density at radius 3 is 1.90 bits per heavy atom. The molecule has 0 radical (unpaired) electrons. The maximum atomic E-state index is 12.5. The van der Waals surface area contributed by atoms with Gasteiger partial charge < -0.3 is 9.57 Å². The van der Waals surface area contributed by atoms with E-state index in [1.165, 1.54) is 13.8 Å². The van der Waals surface area contributed by atoms with Gasteiger partial charge in [0.05, 0.1) is 0 Å². The van der Waals surface area contributed by atoms with E-state index in [9.17, 15) is 9.59 Å². The Labute approximate surface area is 188 Å². The summed E-state index contributed by atoms with van der Waals surface area (Å²) < 4.78 is 2.87. The van der Waals surface area contributed by atoms with Gasteiger partial charge in [0.2, 0.25) is 3.79 Å². The summed E-state index contributed by atoms with van der Waals surface area (Å²) >= 11 is 16.5. The van der Waals surface area contributed by atoms with Crippen LogP contribution in [0.5, 0.6) is 0 Å². The number of benzene rings is 2. The van der Waals surface area contributed by atoms with Crippen molar-refractivity contribution in [3.8, 4) is 0 Å². The van der Waals surface area contributed by atoms with Crippen molar-refractivity contribution < 1.29 is 24.0 Å². The minimum Gasteiger partial charge on any atom is -0.444 e. The van der Waals surface area contributed by atoms with E-state index < -0.39 is 28.1 Å². The summed E-state index contributed by atoms with van der Waals surface area (Å²) in [5, 5.41) is 4.02. The van der Waals surface area contributed by atoms with E-state index >= 15 is 0 Å². The molecule has 1 amide bonds. The molecule has 0 saturated heterocycles. The van der Waals surface area contributed by atoms with Crippen LogP contribution < -0.4 is 5.48 Å². The first-order valence-electron chi connectivity index (χ1n) is 8.66. The number of halogens is 3. The fourth-order valence-electron chi connectivity index (χ4n) is 2.05. The van der Waals surface area contributed by atoms with E-state index in [0.717, 1.165) is 11.1 Å². The van der Waals surface area contributed by atoms with Crippen LogP contribution in [0, 0.1) is 0 Å². The summed E-state index contributed by atoms with van der Waals surface area (Å²) in [4.78, 5) is 34.2. The number of rotatable bonds is 7. The molecule has 0 aliphatic heterocycles. The van der Waals surface area contributed by atoms with Gasteiger partial charge in [-0.2, -0.15) is 5.48 Å². The molecule has 0 saturated carbocycles. The summed E-state index contributed by atoms with van der Waals surface area (Å²) in [7, 11) is 0. The SMILES string of the molecule is CC(C)(ONC(=O)OCC(Cl)(Cl)Cl)C(=O)ON=C(c1ccccc1)c1ccccc1. The van der Waals surface area contributed by atoms with Gasteiger partial charge in [-0.05, 0) is 13.8 Å². The first-order valence-corrected chi connectivity index (χ1v) is 9.80. The molecule has 7 nitrogen and oxygen atoms in total. The van der Waals surface area contributed by atoms with Crippen molar-refractivity contribution in [1.29, 1.82) is 0 Å². The molecular weight excluding hydrogens is 455 g/mol. The summed E-state index contributed by atoms with van der Waals surface area (Å²) in [6.45, 7) is 2.26. The van der Waals surface area contributed by atoms with Crippen LogP contribution >= 0.6 is 34.8 Å². The molecule has 160 valence electrons. The number of carbonyl (C=O) groups is 2. The lowest BCUT2D eigenvalue weighted by molar-refractivity contribution is -0.175. The summed E-state index contributed by atoms with van der Waals surface area (Å²) in [6.07, 6.45) is -1.04. The van der Waals surface area contributed by atoms with Gasteiger partial charge in [-0.3, -0.25) is 4.84 Å². The normalized spacial score (nSPS) is 11.4. The molecule has 0 atom stereocenters. The van der Waals surface area contributed by atoms with Crippen molar-refractivity contribution >= 4 is 52.6 Å². The van der Waals surface area contributed by atoms with Crippen molar-refractivity contribution in [3.05, 3.63) is 71.8 Å². The van der Waals surface area contributed by atoms with Crippen LogP contribution in [0.1, 0.15) is 25.0 Å². The van der Waals surface area contributed by atoms with Crippen molar-refractivity contribution in [2.75, 3.05) is 6.61 Å². The van der Waals surface area contributed by atoms with Crippen LogP contribution in [-0.2, 0) is 19.2 Å². The number of hydrogen-bond donors (Lipinski definition) is 1. The maximum absolute atomic E-state index is 12.5. The van der Waals surface area contributed by atoms with Crippen LogP contribution in [0.4, 0.5) is 4.79 Å². The zero-order valence-electron chi connectivity index (χ0n) is 16.1. The lowest BCUT2D eigenvalue weighted by atomic mass is 10.0. The molecule has 0 spiro atoms. The molecule has 10 heteroatoms. The molecule has 1 N–H and O–H groups in total. The molecule has 0 bridgehead atoms. The predicted octanol–water partition coefficient (Wildman–Crippen LogP) is 4.79. The van der Waals surface area contributed by atoms with Gasteiger partial charge in [-0.25, -0.2) is 9.59 Å². The van der Waals surface area contributed by atoms with Crippen LogP contribution in [0.15, 0.2) is 65.8 Å². The fourth-order valence-corrected chi connectivity index (χ4v) is 2.21. The monoisotopic (exact) mass is 472 g/mol. The van der Waals surface area contributed by atoms with Gasteiger partial charge >= 0.3 is 12.1 Å². The lowest BCUT2D eigenvalue weighted by Crippen LogP contribution is -2.43. The van der Waals surface area contributed by atoms with E-state index in [2.05, 4.69) is 9.89 Å². The number of hydrogen-bond acceptors (Lipinski definition) is 6. The zero-order chi connectivity index (χ0) is 22.2. The highest BCUT2D eigenvalue weighted by Gasteiger charge is 2.33. The van der Waals surface area contributed by atoms with Crippen molar-refractivity contribution in [1.82, 2.24) is 5.48 Å². The molecule has 0 aliphatic carbocycles. The second-order valence-corrected chi connectivity index (χ2v) is 8.97. The van der Waals surface area contributed by atoms with Crippen molar-refractivity contribution in [2.24, 2.45) is 5.16 Å². The molecule has 2 aromatic carbocycles. The summed E-state index contributed by atoms with van der Waals surface area (Å²) in [5.74, 6) is -0.853. The molecule has 2 rings (SSSR count). The largest absolute Gasteiger partial charge is 0.444 e. The molecule has 2 aromatic rings. The Bertz CT molecular complexity index is 843. The quantitative estimate of drug-likeness (QED) is 0.270. The number of alkyl halides is 3. The Morgan fingerprint density at radius 2 is 1.43 bits per heavy atom. The highest BCUT2D eigenvalue weighted by molar-refractivity contribution is 6.67. The predicted molar refractivity (Wildman–Crippen MR) is 115 cm³/mol. The van der Waals surface area contributed by atoms with Gasteiger partial charge in [-0.15, -0.1) is 0 Å². The van der Waals surface area contributed by atoms with Crippen LogP contribution in [-0.4, -0.2) is 33.8 Å². The third kappa shape index (κ3) is 7.84. The second kappa shape index (κ2) is 10.6. The van der Waals surface area contributed by atoms with Gasteiger partial charge in [0.25, 0.3) is 0 Å². The van der Waals surface area contributed by atoms with E-state index in [0.29, 0.717) is 5.71 Å². The number of ether oxygens (including phenoxy) is 1. The Morgan fingerprint density at radius 1 is 0.933 bits per heavy atom. The van der Waals surface area contributed by atoms with E-state index in [-0.39, 0.29) is 0 Å². The minimum atomic E-state index is -1.77. The Kier molecular flexibility index (Phi) is 8.49. The highest BCUT2D eigenvalue weighted by atomic mass is 35.6. The summed E-state index contributed by atoms with van der Waals surface area (Å²) in [6, 6.07) is 18.4. The molecule has 0 fully saturated rings. The van der Waals surface area contributed by atoms with E-state index in [1.807, 2.05) is 66.1 Å². The molecule has 0 unspecified atom stereocenters.